The van der Waals surface area contributed by atoms with E-state index in [-0.39, 0.29) is 0 Å². The third-order valence-corrected chi connectivity index (χ3v) is 4.72. The smallest absolute Gasteiger partial charge is 0.142 e. The maximum Gasteiger partial charge on any atom is 0.142 e. The van der Waals surface area contributed by atoms with Gasteiger partial charge in [0.15, 0.2) is 0 Å². The lowest BCUT2D eigenvalue weighted by Crippen LogP contribution is -1.78. The van der Waals surface area contributed by atoms with Crippen molar-refractivity contribution < 1.29 is 4.42 Å². The highest BCUT2D eigenvalue weighted by atomic mass is 16.3. The lowest BCUT2D eigenvalue weighted by molar-refractivity contribution is 0.619. The van der Waals surface area contributed by atoms with Crippen LogP contribution in [-0.4, -0.2) is 9.97 Å². The van der Waals surface area contributed by atoms with E-state index in [0.29, 0.717) is 0 Å². The van der Waals surface area contributed by atoms with Gasteiger partial charge in [-0.25, -0.2) is 0 Å². The standard InChI is InChI=1S/C16H10O.C8H6N2/c1-2-7-13-11(5-1)12-6-3-4-8-14(12)16-15(13)9-10-17-16;1-2-4-8-7(3-1)9-5-6-10-8/h1-10H;1-6H. The van der Waals surface area contributed by atoms with Crippen LogP contribution in [-0.2, 0) is 0 Å². The van der Waals surface area contributed by atoms with E-state index >= 15 is 0 Å². The molecule has 0 bridgehead atoms. The van der Waals surface area contributed by atoms with Crippen LogP contribution in [0.3, 0.4) is 0 Å². The van der Waals surface area contributed by atoms with Gasteiger partial charge in [-0.2, -0.15) is 0 Å². The van der Waals surface area contributed by atoms with E-state index in [1.165, 1.54) is 26.9 Å². The second-order valence-electron chi connectivity index (χ2n) is 6.30. The van der Waals surface area contributed by atoms with Crippen molar-refractivity contribution in [3.63, 3.8) is 0 Å². The van der Waals surface area contributed by atoms with Gasteiger partial charge in [-0.05, 0) is 34.4 Å². The molecular formula is C24H16N2O. The van der Waals surface area contributed by atoms with Crippen LogP contribution in [0.25, 0.3) is 43.5 Å². The van der Waals surface area contributed by atoms with Crippen molar-refractivity contribution in [1.29, 1.82) is 0 Å². The normalized spacial score (nSPS) is 11.0. The number of furan rings is 1. The van der Waals surface area contributed by atoms with Crippen LogP contribution in [0.1, 0.15) is 0 Å². The number of hydrogen-bond donors (Lipinski definition) is 0. The summed E-state index contributed by atoms with van der Waals surface area (Å²) < 4.78 is 5.64. The number of nitrogens with zero attached hydrogens (tertiary/aromatic N) is 2. The number of rotatable bonds is 0. The summed E-state index contributed by atoms with van der Waals surface area (Å²) in [6.45, 7) is 0. The average Bonchev–Trinajstić information content (AvgIpc) is 3.25. The van der Waals surface area contributed by atoms with E-state index in [1.54, 1.807) is 18.7 Å². The van der Waals surface area contributed by atoms with Crippen molar-refractivity contribution in [2.45, 2.75) is 0 Å². The predicted molar refractivity (Wildman–Crippen MR) is 111 cm³/mol. The first kappa shape index (κ1) is 15.5. The Hall–Kier alpha value is -3.72. The van der Waals surface area contributed by atoms with Crippen molar-refractivity contribution in [3.05, 3.63) is 97.5 Å². The second-order valence-corrected chi connectivity index (χ2v) is 6.30. The number of para-hydroxylation sites is 2. The van der Waals surface area contributed by atoms with E-state index in [4.69, 9.17) is 4.42 Å². The number of benzene rings is 4. The van der Waals surface area contributed by atoms with Crippen LogP contribution in [0.2, 0.25) is 0 Å². The molecule has 0 aliphatic rings. The van der Waals surface area contributed by atoms with Crippen LogP contribution in [0.5, 0.6) is 0 Å². The third kappa shape index (κ3) is 2.70. The summed E-state index contributed by atoms with van der Waals surface area (Å²) in [6.07, 6.45) is 5.16. The van der Waals surface area contributed by atoms with E-state index in [2.05, 4.69) is 58.5 Å². The molecule has 0 amide bonds. The predicted octanol–water partition coefficient (Wildman–Crippen LogP) is 6.37. The minimum Gasteiger partial charge on any atom is -0.464 e. The summed E-state index contributed by atoms with van der Waals surface area (Å²) in [5.74, 6) is 0. The van der Waals surface area contributed by atoms with E-state index in [0.717, 1.165) is 16.6 Å². The van der Waals surface area contributed by atoms with Crippen molar-refractivity contribution in [3.8, 4) is 0 Å². The maximum absolute atomic E-state index is 5.64. The molecule has 128 valence electrons. The minimum absolute atomic E-state index is 0.949. The Kier molecular flexibility index (Phi) is 3.76. The van der Waals surface area contributed by atoms with E-state index < -0.39 is 0 Å². The molecular weight excluding hydrogens is 332 g/mol. The van der Waals surface area contributed by atoms with Gasteiger partial charge in [0.05, 0.1) is 17.3 Å². The molecule has 4 aromatic carbocycles. The van der Waals surface area contributed by atoms with Gasteiger partial charge in [0, 0.05) is 23.2 Å². The molecule has 0 aliphatic heterocycles. The summed E-state index contributed by atoms with van der Waals surface area (Å²) in [5.41, 5.74) is 2.88. The van der Waals surface area contributed by atoms with Gasteiger partial charge in [0.2, 0.25) is 0 Å². The van der Waals surface area contributed by atoms with Gasteiger partial charge in [0.1, 0.15) is 5.58 Å². The Balaban J connectivity index is 0.000000137. The summed E-state index contributed by atoms with van der Waals surface area (Å²) in [4.78, 5) is 8.24. The van der Waals surface area contributed by atoms with E-state index in [1.807, 2.05) is 30.3 Å². The van der Waals surface area contributed by atoms with Gasteiger partial charge in [0.25, 0.3) is 0 Å². The zero-order valence-corrected chi connectivity index (χ0v) is 14.5. The molecule has 2 aromatic heterocycles. The molecule has 0 saturated carbocycles. The molecule has 3 nitrogen and oxygen atoms in total. The molecule has 0 N–H and O–H groups in total. The molecule has 0 atom stereocenters. The molecule has 0 saturated heterocycles. The lowest BCUT2D eigenvalue weighted by atomic mass is 9.99. The van der Waals surface area contributed by atoms with E-state index in [9.17, 15) is 0 Å². The zero-order chi connectivity index (χ0) is 18.1. The first-order valence-corrected chi connectivity index (χ1v) is 8.84. The highest BCUT2D eigenvalue weighted by Crippen LogP contribution is 2.35. The Morgan fingerprint density at radius 1 is 0.481 bits per heavy atom. The fourth-order valence-corrected chi connectivity index (χ4v) is 3.51. The largest absolute Gasteiger partial charge is 0.464 e. The molecule has 0 aliphatic carbocycles. The topological polar surface area (TPSA) is 38.9 Å². The van der Waals surface area contributed by atoms with Crippen molar-refractivity contribution >= 4 is 43.5 Å². The quantitative estimate of drug-likeness (QED) is 0.299. The van der Waals surface area contributed by atoms with Crippen molar-refractivity contribution in [1.82, 2.24) is 9.97 Å². The Labute approximate surface area is 155 Å². The number of fused-ring (bicyclic) bond motifs is 7. The fourth-order valence-electron chi connectivity index (χ4n) is 3.51. The fraction of sp³-hybridized carbons (Fsp3) is 0. The van der Waals surface area contributed by atoms with Gasteiger partial charge in [-0.1, -0.05) is 60.7 Å². The molecule has 27 heavy (non-hydrogen) atoms. The Bertz CT molecular complexity index is 1250. The minimum atomic E-state index is 0.949. The Morgan fingerprint density at radius 2 is 0.926 bits per heavy atom. The van der Waals surface area contributed by atoms with Gasteiger partial charge >= 0.3 is 0 Å². The van der Waals surface area contributed by atoms with Crippen LogP contribution in [0, 0.1) is 0 Å². The molecule has 0 fully saturated rings. The van der Waals surface area contributed by atoms with Crippen molar-refractivity contribution in [2.75, 3.05) is 0 Å². The van der Waals surface area contributed by atoms with Crippen LogP contribution in [0.15, 0.2) is 102 Å². The maximum atomic E-state index is 5.64. The zero-order valence-electron chi connectivity index (χ0n) is 14.5. The summed E-state index contributed by atoms with van der Waals surface area (Å²) in [7, 11) is 0. The second kappa shape index (κ2) is 6.54. The Morgan fingerprint density at radius 3 is 1.52 bits per heavy atom. The van der Waals surface area contributed by atoms with Crippen LogP contribution < -0.4 is 0 Å². The summed E-state index contributed by atoms with van der Waals surface area (Å²) in [5, 5.41) is 6.18. The molecule has 3 heteroatoms. The van der Waals surface area contributed by atoms with Crippen LogP contribution >= 0.6 is 0 Å². The SMILES string of the molecule is c1ccc2c(c1)c1ccccc1c1occc21.c1ccc2nccnc2c1. The average molecular weight is 348 g/mol. The van der Waals surface area contributed by atoms with Gasteiger partial charge in [-0.15, -0.1) is 0 Å². The summed E-state index contributed by atoms with van der Waals surface area (Å²) in [6, 6.07) is 26.7. The molecule has 0 radical (unpaired) electrons. The molecule has 6 aromatic rings. The molecule has 0 unspecified atom stereocenters. The van der Waals surface area contributed by atoms with Gasteiger partial charge in [-0.3, -0.25) is 9.97 Å². The molecule has 2 heterocycles. The number of hydrogen-bond acceptors (Lipinski definition) is 3. The molecule has 0 spiro atoms. The summed E-state index contributed by atoms with van der Waals surface area (Å²) >= 11 is 0. The highest BCUT2D eigenvalue weighted by Gasteiger charge is 2.09. The first-order valence-electron chi connectivity index (χ1n) is 8.84. The van der Waals surface area contributed by atoms with Gasteiger partial charge < -0.3 is 4.42 Å². The van der Waals surface area contributed by atoms with Crippen LogP contribution in [0.4, 0.5) is 0 Å². The van der Waals surface area contributed by atoms with Crippen molar-refractivity contribution in [2.24, 2.45) is 0 Å². The lowest BCUT2D eigenvalue weighted by Gasteiger charge is -2.05. The number of aromatic nitrogens is 2. The monoisotopic (exact) mass is 348 g/mol. The first-order chi connectivity index (χ1) is 13.4. The molecule has 6 rings (SSSR count). The third-order valence-electron chi connectivity index (χ3n) is 4.72. The highest BCUT2D eigenvalue weighted by molar-refractivity contribution is 6.23.